The van der Waals surface area contributed by atoms with Crippen LogP contribution in [0.2, 0.25) is 0 Å². The maximum absolute atomic E-state index is 11.9. The van der Waals surface area contributed by atoms with Crippen LogP contribution in [0.5, 0.6) is 11.9 Å². The highest BCUT2D eigenvalue weighted by Gasteiger charge is 2.53. The Labute approximate surface area is 165 Å². The number of aliphatic hydroxyl groups is 1. The smallest absolute Gasteiger partial charge is 0.319 e. The van der Waals surface area contributed by atoms with Crippen LogP contribution >= 0.6 is 0 Å². The minimum Gasteiger partial charge on any atom is -0.481 e. The van der Waals surface area contributed by atoms with Crippen molar-refractivity contribution in [3.8, 4) is 11.9 Å². The van der Waals surface area contributed by atoms with Crippen LogP contribution in [-0.4, -0.2) is 52.3 Å². The number of hydrogen-bond acceptors (Lipinski definition) is 7. The van der Waals surface area contributed by atoms with E-state index in [4.69, 9.17) is 9.47 Å². The van der Waals surface area contributed by atoms with Crippen LogP contribution < -0.4 is 9.47 Å². The van der Waals surface area contributed by atoms with Gasteiger partial charge in [-0.15, -0.1) is 0 Å². The zero-order chi connectivity index (χ0) is 19.7. The Hall–Kier alpha value is -2.25. The largest absolute Gasteiger partial charge is 0.481 e. The molecule has 1 N–H and O–H groups in total. The molecule has 7 heteroatoms. The minimum atomic E-state index is -0.973. The molecule has 7 nitrogen and oxygen atoms in total. The van der Waals surface area contributed by atoms with Crippen LogP contribution in [0.25, 0.3) is 0 Å². The molecule has 3 heterocycles. The Morgan fingerprint density at radius 2 is 1.93 bits per heavy atom. The van der Waals surface area contributed by atoms with Crippen LogP contribution in [0.3, 0.4) is 0 Å². The van der Waals surface area contributed by atoms with Gasteiger partial charge in [0.2, 0.25) is 5.88 Å². The van der Waals surface area contributed by atoms with Gasteiger partial charge >= 0.3 is 6.01 Å². The molecule has 0 aromatic carbocycles. The van der Waals surface area contributed by atoms with Gasteiger partial charge in [-0.05, 0) is 37.0 Å². The fourth-order valence-electron chi connectivity index (χ4n) is 4.91. The fourth-order valence-corrected chi connectivity index (χ4v) is 4.91. The molecule has 2 aliphatic rings. The van der Waals surface area contributed by atoms with Crippen molar-refractivity contribution in [3.63, 3.8) is 0 Å². The van der Waals surface area contributed by atoms with E-state index in [9.17, 15) is 5.11 Å². The summed E-state index contributed by atoms with van der Waals surface area (Å²) in [5.74, 6) is 0.644. The molecule has 4 rings (SSSR count). The van der Waals surface area contributed by atoms with Gasteiger partial charge in [0.05, 0.1) is 19.8 Å². The monoisotopic (exact) mass is 384 g/mol. The number of aromatic nitrogens is 3. The van der Waals surface area contributed by atoms with Crippen molar-refractivity contribution in [3.05, 3.63) is 41.3 Å². The van der Waals surface area contributed by atoms with E-state index in [-0.39, 0.29) is 17.8 Å². The first-order valence-electron chi connectivity index (χ1n) is 9.86. The lowest BCUT2D eigenvalue weighted by Gasteiger charge is -2.53. The molecule has 0 amide bonds. The van der Waals surface area contributed by atoms with Gasteiger partial charge in [-0.3, -0.25) is 9.88 Å². The first-order valence-corrected chi connectivity index (χ1v) is 9.86. The fraction of sp³-hybridized carbons (Fsp3) is 0.571. The molecule has 2 bridgehead atoms. The van der Waals surface area contributed by atoms with Crippen molar-refractivity contribution in [2.24, 2.45) is 11.8 Å². The van der Waals surface area contributed by atoms with Crippen molar-refractivity contribution in [1.29, 1.82) is 0 Å². The zero-order valence-corrected chi connectivity index (χ0v) is 16.8. The second-order valence-corrected chi connectivity index (χ2v) is 7.93. The molecule has 0 unspecified atom stereocenters. The number of piperidine rings is 1. The van der Waals surface area contributed by atoms with Gasteiger partial charge in [-0.1, -0.05) is 6.42 Å². The second-order valence-electron chi connectivity index (χ2n) is 7.93. The van der Waals surface area contributed by atoms with Gasteiger partial charge in [0, 0.05) is 50.1 Å². The number of rotatable bonds is 5. The van der Waals surface area contributed by atoms with Crippen molar-refractivity contribution in [2.45, 2.75) is 38.3 Å². The Morgan fingerprint density at radius 1 is 1.18 bits per heavy atom. The number of nitrogens with zero attached hydrogens (tertiary/aromatic N) is 4. The molecule has 0 spiro atoms. The zero-order valence-electron chi connectivity index (χ0n) is 16.8. The van der Waals surface area contributed by atoms with E-state index in [1.165, 1.54) is 18.2 Å². The third-order valence-corrected chi connectivity index (χ3v) is 6.38. The highest BCUT2D eigenvalue weighted by molar-refractivity contribution is 5.34. The summed E-state index contributed by atoms with van der Waals surface area (Å²) in [5, 5.41) is 11.9. The Bertz CT molecular complexity index is 830. The predicted octanol–water partition coefficient (Wildman–Crippen LogP) is 2.32. The molecule has 1 saturated carbocycles. The average Bonchev–Trinajstić information content (AvgIpc) is 2.70. The molecule has 2 fully saturated rings. The van der Waals surface area contributed by atoms with E-state index >= 15 is 0 Å². The van der Waals surface area contributed by atoms with E-state index in [1.54, 1.807) is 13.3 Å². The van der Waals surface area contributed by atoms with Crippen LogP contribution in [0.1, 0.15) is 36.0 Å². The molecule has 150 valence electrons. The van der Waals surface area contributed by atoms with Crippen molar-refractivity contribution < 1.29 is 14.6 Å². The summed E-state index contributed by atoms with van der Waals surface area (Å²) in [7, 11) is 3.10. The summed E-state index contributed by atoms with van der Waals surface area (Å²) in [5.41, 5.74) is 2.22. The van der Waals surface area contributed by atoms with E-state index in [0.717, 1.165) is 38.9 Å². The number of methoxy groups -OCH3 is 2. The normalized spacial score (nSPS) is 27.4. The number of ether oxygens (including phenoxy) is 2. The molecule has 0 radical (unpaired) electrons. The van der Waals surface area contributed by atoms with Gasteiger partial charge in [0.15, 0.2) is 0 Å². The maximum Gasteiger partial charge on any atom is 0.319 e. The van der Waals surface area contributed by atoms with Gasteiger partial charge in [-0.2, -0.15) is 4.98 Å². The SMILES string of the molecule is COc1ncc(C2(O)[C@H]3CCC[C@H]2CN(Cc2ccncc2C)C3)c(OC)n1. The quantitative estimate of drug-likeness (QED) is 0.847. The first-order chi connectivity index (χ1) is 13.6. The van der Waals surface area contributed by atoms with Gasteiger partial charge in [-0.25, -0.2) is 4.98 Å². The Kier molecular flexibility index (Phi) is 5.21. The minimum absolute atomic E-state index is 0.119. The number of pyridine rings is 1. The van der Waals surface area contributed by atoms with E-state index in [1.807, 2.05) is 12.4 Å². The second kappa shape index (κ2) is 7.64. The lowest BCUT2D eigenvalue weighted by molar-refractivity contribution is -0.149. The lowest BCUT2D eigenvalue weighted by Crippen LogP contribution is -2.58. The Balaban J connectivity index is 1.63. The summed E-state index contributed by atoms with van der Waals surface area (Å²) in [6.07, 6.45) is 8.54. The number of fused-ring (bicyclic) bond motifs is 2. The third kappa shape index (κ3) is 3.22. The van der Waals surface area contributed by atoms with Crippen LogP contribution in [-0.2, 0) is 12.1 Å². The molecule has 2 aromatic heterocycles. The van der Waals surface area contributed by atoms with E-state index in [0.29, 0.717) is 11.4 Å². The predicted molar refractivity (Wildman–Crippen MR) is 104 cm³/mol. The molecule has 1 aliphatic heterocycles. The van der Waals surface area contributed by atoms with Crippen LogP contribution in [0.4, 0.5) is 0 Å². The number of likely N-dealkylation sites (tertiary alicyclic amines) is 1. The molecule has 1 saturated heterocycles. The molecule has 2 aromatic rings. The van der Waals surface area contributed by atoms with Crippen LogP contribution in [0, 0.1) is 18.8 Å². The summed E-state index contributed by atoms with van der Waals surface area (Å²) < 4.78 is 10.6. The molecule has 2 atom stereocenters. The summed E-state index contributed by atoms with van der Waals surface area (Å²) >= 11 is 0. The molecular weight excluding hydrogens is 356 g/mol. The highest BCUT2D eigenvalue weighted by atomic mass is 16.5. The van der Waals surface area contributed by atoms with Gasteiger partial charge in [0.1, 0.15) is 5.60 Å². The number of aryl methyl sites for hydroxylation is 1. The van der Waals surface area contributed by atoms with Gasteiger partial charge in [0.25, 0.3) is 0 Å². The summed E-state index contributed by atoms with van der Waals surface area (Å²) in [6.45, 7) is 4.66. The first kappa shape index (κ1) is 19.1. The third-order valence-electron chi connectivity index (χ3n) is 6.38. The summed E-state index contributed by atoms with van der Waals surface area (Å²) in [6, 6.07) is 2.34. The number of hydrogen-bond donors (Lipinski definition) is 1. The summed E-state index contributed by atoms with van der Waals surface area (Å²) in [4.78, 5) is 15.2. The topological polar surface area (TPSA) is 80.6 Å². The Morgan fingerprint density at radius 3 is 2.57 bits per heavy atom. The maximum atomic E-state index is 11.9. The van der Waals surface area contributed by atoms with E-state index < -0.39 is 5.60 Å². The van der Waals surface area contributed by atoms with E-state index in [2.05, 4.69) is 32.8 Å². The van der Waals surface area contributed by atoms with Crippen molar-refractivity contribution in [2.75, 3.05) is 27.3 Å². The molecule has 28 heavy (non-hydrogen) atoms. The highest BCUT2D eigenvalue weighted by Crippen LogP contribution is 2.51. The van der Waals surface area contributed by atoms with Gasteiger partial charge < -0.3 is 14.6 Å². The molecule has 1 aliphatic carbocycles. The average molecular weight is 384 g/mol. The molecular formula is C21H28N4O3. The van der Waals surface area contributed by atoms with Crippen molar-refractivity contribution >= 4 is 0 Å². The van der Waals surface area contributed by atoms with Crippen molar-refractivity contribution in [1.82, 2.24) is 19.9 Å². The standard InChI is InChI=1S/C21H28N4O3/c1-14-9-22-8-7-15(14)11-25-12-16-5-4-6-17(13-25)21(16,26)18-10-23-20(28-3)24-19(18)27-2/h7-10,16-17,26H,4-6,11-13H2,1-3H3/t16-,17-/m0/s1. The van der Waals surface area contributed by atoms with Crippen LogP contribution in [0.15, 0.2) is 24.7 Å². The lowest BCUT2D eigenvalue weighted by atomic mass is 9.63.